The van der Waals surface area contributed by atoms with Gasteiger partial charge in [0.05, 0.1) is 42.2 Å². The van der Waals surface area contributed by atoms with Crippen molar-refractivity contribution in [2.45, 2.75) is 86.0 Å². The van der Waals surface area contributed by atoms with Crippen LogP contribution in [0.15, 0.2) is 140 Å². The molecule has 0 aromatic heterocycles. The second-order valence-corrected chi connectivity index (χ2v) is 23.1. The van der Waals surface area contributed by atoms with Gasteiger partial charge in [0.15, 0.2) is 6.61 Å². The number of benzene rings is 5. The standard InChI is InChI=1S/C64H66N8O13/c65-29-55(73)72(53(64(83)84)28-57(75)76)56(74)34-85-54-23-39(62(81)70-30-45(58(77)66-49-24-41(49)35-13-5-1-6-14-35)46(31-70)59(78)67-50-25-42(50)36-15-7-2-8-16-36)21-22-40(54)63(82)71-32-47(60(79)68-51-26-43(51)37-17-9-3-10-18-37)48(33-71)61(80)69-52-27-44(52)38-19-11-4-12-20-38/h1-23,41-53H,24-34,65H2,(H,66,77)(H,67,78)(H,68,79)(H,69,80)(H,75,76)(H,83,84)/t41-,42-,43-,44-,45-,46-,47-,48-,49+,50+,51+,52+,53+/m1/s1. The summed E-state index contributed by atoms with van der Waals surface area (Å²) in [6.07, 6.45) is 1.55. The highest BCUT2D eigenvalue weighted by Crippen LogP contribution is 2.45. The minimum absolute atomic E-state index is 0.0572. The molecule has 8 N–H and O–H groups in total. The van der Waals surface area contributed by atoms with E-state index >= 15 is 4.79 Å². The molecule has 13 atom stereocenters. The van der Waals surface area contributed by atoms with Crippen molar-refractivity contribution in [2.24, 2.45) is 29.4 Å². The maximum Gasteiger partial charge on any atom is 0.327 e. The molecule has 6 aliphatic rings. The van der Waals surface area contributed by atoms with Crippen LogP contribution in [0.4, 0.5) is 0 Å². The van der Waals surface area contributed by atoms with Gasteiger partial charge >= 0.3 is 11.9 Å². The molecule has 2 aliphatic heterocycles. The second kappa shape index (κ2) is 24.5. The Hall–Kier alpha value is -9.24. The average Bonchev–Trinajstić information content (AvgIpc) is 4.38. The van der Waals surface area contributed by atoms with Crippen LogP contribution in [-0.4, -0.2) is 154 Å². The number of carbonyl (C=O) groups excluding carboxylic acids is 8. The average molecular weight is 1160 g/mol. The third kappa shape index (κ3) is 13.0. The van der Waals surface area contributed by atoms with Gasteiger partial charge in [-0.15, -0.1) is 0 Å². The molecule has 21 nitrogen and oxygen atoms in total. The summed E-state index contributed by atoms with van der Waals surface area (Å²) in [5, 5.41) is 32.0. The number of ether oxygens (including phenoxy) is 1. The van der Waals surface area contributed by atoms with Crippen LogP contribution in [0.5, 0.6) is 5.75 Å². The third-order valence-electron chi connectivity index (χ3n) is 17.4. The zero-order valence-electron chi connectivity index (χ0n) is 46.4. The number of nitrogens with zero attached hydrogens (tertiary/aromatic N) is 3. The molecule has 8 amide bonds. The lowest BCUT2D eigenvalue weighted by Gasteiger charge is -2.26. The Morgan fingerprint density at radius 2 is 0.847 bits per heavy atom. The van der Waals surface area contributed by atoms with Crippen LogP contribution in [-0.2, 0) is 38.4 Å². The van der Waals surface area contributed by atoms with Gasteiger partial charge < -0.3 is 51.8 Å². The van der Waals surface area contributed by atoms with Crippen LogP contribution in [0.2, 0.25) is 0 Å². The van der Waals surface area contributed by atoms with E-state index in [1.807, 2.05) is 121 Å². The fraction of sp³-hybridized carbons (Fsp3) is 0.375. The first-order valence-electron chi connectivity index (χ1n) is 28.8. The molecule has 2 saturated heterocycles. The third-order valence-corrected chi connectivity index (χ3v) is 17.4. The number of hydrogen-bond acceptors (Lipinski definition) is 12. The van der Waals surface area contributed by atoms with E-state index in [1.165, 1.54) is 21.9 Å². The summed E-state index contributed by atoms with van der Waals surface area (Å²) in [5.74, 6) is -13.3. The molecule has 0 unspecified atom stereocenters. The lowest BCUT2D eigenvalue weighted by atomic mass is 9.94. The Morgan fingerprint density at radius 3 is 1.18 bits per heavy atom. The summed E-state index contributed by atoms with van der Waals surface area (Å²) in [5.41, 5.74) is 9.41. The number of carboxylic acids is 2. The Bertz CT molecular complexity index is 3260. The highest BCUT2D eigenvalue weighted by molar-refractivity contribution is 6.04. The fourth-order valence-electron chi connectivity index (χ4n) is 12.4. The molecule has 2 heterocycles. The van der Waals surface area contributed by atoms with Gasteiger partial charge in [0.2, 0.25) is 29.5 Å². The molecule has 0 radical (unpaired) electrons. The topological polar surface area (TPSA) is 304 Å². The van der Waals surface area contributed by atoms with Crippen molar-refractivity contribution in [3.05, 3.63) is 173 Å². The minimum atomic E-state index is -2.20. The maximum absolute atomic E-state index is 15.1. The Kier molecular flexibility index (Phi) is 16.6. The van der Waals surface area contributed by atoms with Gasteiger partial charge in [0.25, 0.3) is 17.7 Å². The first kappa shape index (κ1) is 57.6. The van der Waals surface area contributed by atoms with Gasteiger partial charge in [-0.05, 0) is 66.1 Å². The Labute approximate surface area is 489 Å². The van der Waals surface area contributed by atoms with E-state index < -0.39 is 114 Å². The molecule has 4 aliphatic carbocycles. The summed E-state index contributed by atoms with van der Waals surface area (Å²) < 4.78 is 6.01. The van der Waals surface area contributed by atoms with E-state index in [9.17, 15) is 53.4 Å². The first-order chi connectivity index (χ1) is 41.0. The number of hydrogen-bond donors (Lipinski definition) is 7. The number of aliphatic carboxylic acids is 2. The van der Waals surface area contributed by atoms with E-state index in [1.54, 1.807) is 0 Å². The van der Waals surface area contributed by atoms with Crippen LogP contribution in [0, 0.1) is 23.7 Å². The van der Waals surface area contributed by atoms with Crippen LogP contribution in [0.25, 0.3) is 0 Å². The summed E-state index contributed by atoms with van der Waals surface area (Å²) in [7, 11) is 0. The SMILES string of the molecule is NCC(=O)N(C(=O)COc1cc(C(=O)N2C[C@@H](C(=O)N[C@H]3C[C@@H]3c3ccccc3)[C@H](C(=O)N[C@H]3C[C@@H]3c3ccccc3)C2)ccc1C(=O)N1C[C@@H](C(=O)N[C@H]2C[C@@H]2c2ccccc2)[C@H](C(=O)N[C@H]2C[C@@H]2c2ccccc2)C1)[C@@H](CC(=O)O)C(=O)O. The number of likely N-dealkylation sites (tertiary alicyclic amines) is 2. The molecule has 5 aromatic rings. The van der Waals surface area contributed by atoms with Gasteiger partial charge in [-0.2, -0.15) is 0 Å². The van der Waals surface area contributed by atoms with Gasteiger partial charge in [-0.3, -0.25) is 48.1 Å². The van der Waals surface area contributed by atoms with E-state index in [2.05, 4.69) is 21.3 Å². The van der Waals surface area contributed by atoms with Crippen LogP contribution in [0.3, 0.4) is 0 Å². The molecule has 6 fully saturated rings. The number of imide groups is 1. The molecule has 21 heteroatoms. The maximum atomic E-state index is 15.1. The molecule has 11 rings (SSSR count). The number of nitrogens with one attached hydrogen (secondary N) is 4. The lowest BCUT2D eigenvalue weighted by Crippen LogP contribution is -2.53. The van der Waals surface area contributed by atoms with E-state index in [-0.39, 0.29) is 90.0 Å². The zero-order chi connectivity index (χ0) is 59.6. The number of rotatable bonds is 22. The van der Waals surface area contributed by atoms with E-state index in [4.69, 9.17) is 10.5 Å². The molecule has 0 spiro atoms. The van der Waals surface area contributed by atoms with Crippen LogP contribution >= 0.6 is 0 Å². The van der Waals surface area contributed by atoms with E-state index in [0.29, 0.717) is 25.7 Å². The van der Waals surface area contributed by atoms with Gasteiger partial charge in [0, 0.05) is 79.6 Å². The molecular formula is C64H66N8O13. The number of nitrogens with two attached hydrogens (primary N) is 1. The van der Waals surface area contributed by atoms with Gasteiger partial charge in [-0.1, -0.05) is 121 Å². The Morgan fingerprint density at radius 1 is 0.494 bits per heavy atom. The monoisotopic (exact) mass is 1150 g/mol. The second-order valence-electron chi connectivity index (χ2n) is 23.1. The van der Waals surface area contributed by atoms with E-state index in [0.717, 1.165) is 28.3 Å². The molecule has 440 valence electrons. The van der Waals surface area contributed by atoms with Crippen molar-refractivity contribution in [1.82, 2.24) is 36.0 Å². The quantitative estimate of drug-likeness (QED) is 0.0523. The van der Waals surface area contributed by atoms with Gasteiger partial charge in [-0.25, -0.2) is 4.79 Å². The predicted octanol–water partition coefficient (Wildman–Crippen LogP) is 3.37. The van der Waals surface area contributed by atoms with Crippen molar-refractivity contribution in [2.75, 3.05) is 39.3 Å². The highest BCUT2D eigenvalue weighted by Gasteiger charge is 2.51. The largest absolute Gasteiger partial charge is 0.483 e. The molecule has 4 saturated carbocycles. The van der Waals surface area contributed by atoms with Crippen LogP contribution < -0.4 is 31.7 Å². The summed E-state index contributed by atoms with van der Waals surface area (Å²) in [6, 6.07) is 39.6. The molecular weight excluding hydrogens is 1090 g/mol. The number of carbonyl (C=O) groups is 10. The summed E-state index contributed by atoms with van der Waals surface area (Å²) >= 11 is 0. The van der Waals surface area contributed by atoms with Crippen molar-refractivity contribution in [1.29, 1.82) is 0 Å². The van der Waals surface area contributed by atoms with Crippen molar-refractivity contribution in [3.63, 3.8) is 0 Å². The van der Waals surface area contributed by atoms with Gasteiger partial charge in [0.1, 0.15) is 11.8 Å². The summed E-state index contributed by atoms with van der Waals surface area (Å²) in [4.78, 5) is 141. The normalized spacial score (nSPS) is 26.2. The Balaban J connectivity index is 0.867. The lowest BCUT2D eigenvalue weighted by molar-refractivity contribution is -0.160. The predicted molar refractivity (Wildman–Crippen MR) is 305 cm³/mol. The highest BCUT2D eigenvalue weighted by atomic mass is 16.5. The summed E-state index contributed by atoms with van der Waals surface area (Å²) in [6.45, 7) is -2.87. The zero-order valence-corrected chi connectivity index (χ0v) is 46.4. The first-order valence-corrected chi connectivity index (χ1v) is 28.8. The fourth-order valence-corrected chi connectivity index (χ4v) is 12.4. The molecule has 85 heavy (non-hydrogen) atoms. The van der Waals surface area contributed by atoms with Crippen molar-refractivity contribution >= 4 is 59.2 Å². The van der Waals surface area contributed by atoms with Crippen molar-refractivity contribution < 1.29 is 62.9 Å². The van der Waals surface area contributed by atoms with Crippen molar-refractivity contribution in [3.8, 4) is 5.75 Å². The van der Waals surface area contributed by atoms with Crippen LogP contribution in [0.1, 0.15) is 98.7 Å². The molecule has 5 aromatic carbocycles. The smallest absolute Gasteiger partial charge is 0.327 e. The number of carboxylic acid groups (broad SMARTS) is 2. The number of amides is 8. The minimum Gasteiger partial charge on any atom is -0.483 e. The molecule has 0 bridgehead atoms.